The number of nitrogens with one attached hydrogen (secondary N) is 1. The van der Waals surface area contributed by atoms with Crippen LogP contribution < -0.4 is 5.32 Å². The Kier molecular flexibility index (Phi) is 3.42. The molecule has 1 aromatic rings. The maximum absolute atomic E-state index is 11.6. The van der Waals surface area contributed by atoms with E-state index in [4.69, 9.17) is 4.52 Å². The van der Waals surface area contributed by atoms with Crippen LogP contribution in [-0.4, -0.2) is 33.3 Å². The quantitative estimate of drug-likeness (QED) is 0.814. The minimum Gasteiger partial charge on any atom is -0.388 e. The van der Waals surface area contributed by atoms with Crippen molar-refractivity contribution in [1.29, 1.82) is 0 Å². The normalized spacial score (nSPS) is 18.9. The van der Waals surface area contributed by atoms with Crippen LogP contribution in [0.2, 0.25) is 0 Å². The first kappa shape index (κ1) is 12.0. The van der Waals surface area contributed by atoms with Crippen LogP contribution in [0.5, 0.6) is 0 Å². The molecule has 94 valence electrons. The summed E-state index contributed by atoms with van der Waals surface area (Å²) in [6.07, 6.45) is 4.64. The van der Waals surface area contributed by atoms with Crippen LogP contribution in [0.25, 0.3) is 0 Å². The maximum Gasteiger partial charge on any atom is 0.292 e. The second-order valence-corrected chi connectivity index (χ2v) is 4.60. The van der Waals surface area contributed by atoms with Crippen LogP contribution in [0.3, 0.4) is 0 Å². The smallest absolute Gasteiger partial charge is 0.292 e. The second kappa shape index (κ2) is 4.83. The molecule has 1 saturated carbocycles. The number of carbonyl (C=O) groups is 1. The average molecular weight is 239 g/mol. The topological polar surface area (TPSA) is 88.2 Å². The van der Waals surface area contributed by atoms with Crippen LogP contribution in [0.4, 0.5) is 0 Å². The van der Waals surface area contributed by atoms with Crippen molar-refractivity contribution >= 4 is 5.91 Å². The Morgan fingerprint density at radius 2 is 2.18 bits per heavy atom. The number of amides is 1. The maximum atomic E-state index is 11.6. The first-order chi connectivity index (χ1) is 8.09. The highest BCUT2D eigenvalue weighted by Gasteiger charge is 2.30. The standard InChI is InChI=1S/C11H17N3O3/c1-8-13-9(14-17-8)10(15)12-7-11(16)5-3-2-4-6-11/h16H,2-7H2,1H3,(H,12,15). The predicted octanol–water partition coefficient (Wildman–Crippen LogP) is 0.803. The van der Waals surface area contributed by atoms with Crippen LogP contribution >= 0.6 is 0 Å². The SMILES string of the molecule is Cc1nc(C(=O)NCC2(O)CCCCC2)no1. The number of nitrogens with zero attached hydrogens (tertiary/aromatic N) is 2. The largest absolute Gasteiger partial charge is 0.388 e. The van der Waals surface area contributed by atoms with Crippen molar-refractivity contribution in [3.05, 3.63) is 11.7 Å². The third-order valence-corrected chi connectivity index (χ3v) is 3.09. The summed E-state index contributed by atoms with van der Waals surface area (Å²) in [6, 6.07) is 0. The van der Waals surface area contributed by atoms with Gasteiger partial charge in [0.15, 0.2) is 0 Å². The van der Waals surface area contributed by atoms with Crippen molar-refractivity contribution in [3.63, 3.8) is 0 Å². The van der Waals surface area contributed by atoms with Crippen molar-refractivity contribution in [2.45, 2.75) is 44.6 Å². The molecule has 1 heterocycles. The van der Waals surface area contributed by atoms with E-state index in [1.54, 1.807) is 6.92 Å². The Hall–Kier alpha value is -1.43. The zero-order chi connectivity index (χ0) is 12.3. The number of rotatable bonds is 3. The van der Waals surface area contributed by atoms with Crippen molar-refractivity contribution in [2.24, 2.45) is 0 Å². The summed E-state index contributed by atoms with van der Waals surface area (Å²) in [6.45, 7) is 1.87. The molecule has 1 fully saturated rings. The van der Waals surface area contributed by atoms with E-state index in [9.17, 15) is 9.90 Å². The predicted molar refractivity (Wildman–Crippen MR) is 59.4 cm³/mol. The summed E-state index contributed by atoms with van der Waals surface area (Å²) in [5, 5.41) is 16.4. The van der Waals surface area contributed by atoms with E-state index in [1.165, 1.54) is 0 Å². The molecular formula is C11H17N3O3. The van der Waals surface area contributed by atoms with Gasteiger partial charge in [0.1, 0.15) is 0 Å². The van der Waals surface area contributed by atoms with Gasteiger partial charge in [-0.25, -0.2) is 0 Å². The average Bonchev–Trinajstić information content (AvgIpc) is 2.74. The zero-order valence-corrected chi connectivity index (χ0v) is 9.90. The lowest BCUT2D eigenvalue weighted by Crippen LogP contribution is -2.44. The van der Waals surface area contributed by atoms with Gasteiger partial charge in [0.2, 0.25) is 5.89 Å². The lowest BCUT2D eigenvalue weighted by molar-refractivity contribution is 0.00513. The molecule has 0 atom stereocenters. The Labute approximate surface area is 99.4 Å². The highest BCUT2D eigenvalue weighted by atomic mass is 16.5. The number of hydrogen-bond donors (Lipinski definition) is 2. The van der Waals surface area contributed by atoms with Crippen LogP contribution in [0, 0.1) is 6.92 Å². The zero-order valence-electron chi connectivity index (χ0n) is 9.90. The number of hydrogen-bond acceptors (Lipinski definition) is 5. The van der Waals surface area contributed by atoms with Crippen molar-refractivity contribution in [1.82, 2.24) is 15.5 Å². The molecule has 0 aliphatic heterocycles. The van der Waals surface area contributed by atoms with Gasteiger partial charge in [0, 0.05) is 13.5 Å². The number of aromatic nitrogens is 2. The molecule has 1 aliphatic rings. The third-order valence-electron chi connectivity index (χ3n) is 3.09. The van der Waals surface area contributed by atoms with Gasteiger partial charge in [-0.2, -0.15) is 4.98 Å². The van der Waals surface area contributed by atoms with Gasteiger partial charge in [-0.15, -0.1) is 0 Å². The number of aryl methyl sites for hydroxylation is 1. The molecule has 0 unspecified atom stereocenters. The van der Waals surface area contributed by atoms with E-state index >= 15 is 0 Å². The highest BCUT2D eigenvalue weighted by molar-refractivity contribution is 5.90. The molecule has 6 nitrogen and oxygen atoms in total. The summed E-state index contributed by atoms with van der Waals surface area (Å²) >= 11 is 0. The van der Waals surface area contributed by atoms with Gasteiger partial charge in [-0.05, 0) is 12.8 Å². The van der Waals surface area contributed by atoms with Crippen LogP contribution in [0.15, 0.2) is 4.52 Å². The molecule has 0 bridgehead atoms. The summed E-state index contributed by atoms with van der Waals surface area (Å²) < 4.78 is 4.72. The lowest BCUT2D eigenvalue weighted by atomic mass is 9.85. The minimum absolute atomic E-state index is 0.0157. The van der Waals surface area contributed by atoms with Crippen molar-refractivity contribution in [2.75, 3.05) is 6.54 Å². The molecular weight excluding hydrogens is 222 g/mol. The fourth-order valence-electron chi connectivity index (χ4n) is 2.10. The molecule has 2 N–H and O–H groups in total. The molecule has 0 spiro atoms. The monoisotopic (exact) mass is 239 g/mol. The van der Waals surface area contributed by atoms with E-state index in [0.717, 1.165) is 32.1 Å². The first-order valence-electron chi connectivity index (χ1n) is 5.90. The van der Waals surface area contributed by atoms with Crippen LogP contribution in [-0.2, 0) is 0 Å². The van der Waals surface area contributed by atoms with Crippen LogP contribution in [0.1, 0.15) is 48.6 Å². The number of carbonyl (C=O) groups excluding carboxylic acids is 1. The molecule has 0 aromatic carbocycles. The third kappa shape index (κ3) is 3.03. The fraction of sp³-hybridized carbons (Fsp3) is 0.727. The van der Waals surface area contributed by atoms with Crippen molar-refractivity contribution in [3.8, 4) is 0 Å². The van der Waals surface area contributed by atoms with E-state index in [-0.39, 0.29) is 12.4 Å². The van der Waals surface area contributed by atoms with Gasteiger partial charge in [-0.1, -0.05) is 24.4 Å². The summed E-state index contributed by atoms with van der Waals surface area (Å²) in [7, 11) is 0. The molecule has 1 aromatic heterocycles. The first-order valence-corrected chi connectivity index (χ1v) is 5.90. The molecule has 1 aliphatic carbocycles. The highest BCUT2D eigenvalue weighted by Crippen LogP contribution is 2.27. The molecule has 2 rings (SSSR count). The van der Waals surface area contributed by atoms with E-state index in [1.807, 2.05) is 0 Å². The lowest BCUT2D eigenvalue weighted by Gasteiger charge is -2.31. The van der Waals surface area contributed by atoms with E-state index in [0.29, 0.717) is 5.89 Å². The van der Waals surface area contributed by atoms with Gasteiger partial charge >= 0.3 is 0 Å². The molecule has 17 heavy (non-hydrogen) atoms. The molecule has 0 saturated heterocycles. The minimum atomic E-state index is -0.771. The molecule has 1 amide bonds. The summed E-state index contributed by atoms with van der Waals surface area (Å²) in [5.74, 6) is -0.0331. The summed E-state index contributed by atoms with van der Waals surface area (Å²) in [5.41, 5.74) is -0.771. The Bertz CT molecular complexity index is 396. The van der Waals surface area contributed by atoms with Crippen molar-refractivity contribution < 1.29 is 14.4 Å². The fourth-order valence-corrected chi connectivity index (χ4v) is 2.10. The Balaban J connectivity index is 1.87. The summed E-state index contributed by atoms with van der Waals surface area (Å²) in [4.78, 5) is 15.5. The molecule has 0 radical (unpaired) electrons. The number of aliphatic hydroxyl groups is 1. The van der Waals surface area contributed by atoms with E-state index < -0.39 is 11.5 Å². The Morgan fingerprint density at radius 1 is 1.47 bits per heavy atom. The van der Waals surface area contributed by atoms with Gasteiger partial charge in [0.05, 0.1) is 5.60 Å². The van der Waals surface area contributed by atoms with Gasteiger partial charge in [0.25, 0.3) is 11.7 Å². The van der Waals surface area contributed by atoms with E-state index in [2.05, 4.69) is 15.5 Å². The molecule has 6 heteroatoms. The van der Waals surface area contributed by atoms with Gasteiger partial charge < -0.3 is 14.9 Å². The Morgan fingerprint density at radius 3 is 2.76 bits per heavy atom. The second-order valence-electron chi connectivity index (χ2n) is 4.60. The van der Waals surface area contributed by atoms with Gasteiger partial charge in [-0.3, -0.25) is 4.79 Å².